The summed E-state index contributed by atoms with van der Waals surface area (Å²) in [5.41, 5.74) is 10.4. The number of aryl methyl sites for hydroxylation is 2. The van der Waals surface area contributed by atoms with Crippen LogP contribution in [0, 0.1) is 13.8 Å². The van der Waals surface area contributed by atoms with Gasteiger partial charge in [-0.1, -0.05) is 12.1 Å². The quantitative estimate of drug-likeness (QED) is 0.421. The van der Waals surface area contributed by atoms with Crippen LogP contribution in [0.5, 0.6) is 0 Å². The Morgan fingerprint density at radius 1 is 1.16 bits per heavy atom. The third kappa shape index (κ3) is 5.59. The van der Waals surface area contributed by atoms with Crippen molar-refractivity contribution >= 4 is 41.4 Å². The molecule has 0 bridgehead atoms. The van der Waals surface area contributed by atoms with Gasteiger partial charge in [0.05, 0.1) is 6.54 Å². The van der Waals surface area contributed by atoms with Gasteiger partial charge in [-0.3, -0.25) is 0 Å². The van der Waals surface area contributed by atoms with Crippen molar-refractivity contribution < 1.29 is 0 Å². The zero-order valence-electron chi connectivity index (χ0n) is 14.8. The molecule has 0 radical (unpaired) electrons. The summed E-state index contributed by atoms with van der Waals surface area (Å²) in [4.78, 5) is 11.3. The standard InChI is InChI=1S/C19H25N5.HI/c1-14-9-15(2)11-17(10-14)23-19(20)22-13-16-5-6-18(21-12-16)24-7-3-4-8-24;/h5-6,9-12H,3-4,7-8,13H2,1-2H3,(H3,20,22,23);1H. The van der Waals surface area contributed by atoms with Gasteiger partial charge < -0.3 is 16.0 Å². The minimum atomic E-state index is 0. The lowest BCUT2D eigenvalue weighted by Gasteiger charge is -2.16. The van der Waals surface area contributed by atoms with Crippen molar-refractivity contribution in [3.8, 4) is 0 Å². The van der Waals surface area contributed by atoms with Gasteiger partial charge in [0.15, 0.2) is 5.96 Å². The van der Waals surface area contributed by atoms with Crippen molar-refractivity contribution in [2.24, 2.45) is 10.7 Å². The number of hydrogen-bond donors (Lipinski definition) is 2. The fourth-order valence-electron chi connectivity index (χ4n) is 3.05. The molecule has 0 unspecified atom stereocenters. The highest BCUT2D eigenvalue weighted by Crippen LogP contribution is 2.18. The van der Waals surface area contributed by atoms with E-state index in [1.54, 1.807) is 0 Å². The molecule has 0 saturated carbocycles. The number of rotatable bonds is 4. The lowest BCUT2D eigenvalue weighted by Crippen LogP contribution is -2.22. The molecule has 1 fully saturated rings. The second kappa shape index (κ2) is 9.03. The molecule has 0 amide bonds. The second-order valence-corrected chi connectivity index (χ2v) is 6.42. The van der Waals surface area contributed by atoms with Crippen LogP contribution in [0.25, 0.3) is 0 Å². The maximum Gasteiger partial charge on any atom is 0.193 e. The molecule has 5 nitrogen and oxygen atoms in total. The molecule has 0 aliphatic carbocycles. The second-order valence-electron chi connectivity index (χ2n) is 6.42. The van der Waals surface area contributed by atoms with E-state index in [1.165, 1.54) is 24.0 Å². The summed E-state index contributed by atoms with van der Waals surface area (Å²) in [6.07, 6.45) is 4.41. The Labute approximate surface area is 166 Å². The Hall–Kier alpha value is -1.83. The Balaban J connectivity index is 0.00000225. The Morgan fingerprint density at radius 2 is 1.84 bits per heavy atom. The smallest absolute Gasteiger partial charge is 0.193 e. The Kier molecular flexibility index (Phi) is 7.04. The molecule has 0 spiro atoms. The first kappa shape index (κ1) is 19.5. The first-order valence-electron chi connectivity index (χ1n) is 8.45. The highest BCUT2D eigenvalue weighted by Gasteiger charge is 2.12. The van der Waals surface area contributed by atoms with Crippen molar-refractivity contribution in [3.05, 3.63) is 53.2 Å². The van der Waals surface area contributed by atoms with Crippen LogP contribution < -0.4 is 16.0 Å². The van der Waals surface area contributed by atoms with Crippen LogP contribution in [0.2, 0.25) is 0 Å². The maximum absolute atomic E-state index is 5.99. The van der Waals surface area contributed by atoms with E-state index >= 15 is 0 Å². The largest absolute Gasteiger partial charge is 0.370 e. The number of halogens is 1. The molecule has 134 valence electrons. The molecule has 0 atom stereocenters. The van der Waals surface area contributed by atoms with Gasteiger partial charge in [-0.05, 0) is 61.6 Å². The number of benzene rings is 1. The van der Waals surface area contributed by atoms with Gasteiger partial charge in [-0.25, -0.2) is 9.98 Å². The monoisotopic (exact) mass is 451 g/mol. The van der Waals surface area contributed by atoms with Gasteiger partial charge in [0.25, 0.3) is 0 Å². The summed E-state index contributed by atoms with van der Waals surface area (Å²) in [6.45, 7) is 6.88. The number of nitrogens with zero attached hydrogens (tertiary/aromatic N) is 3. The number of hydrogen-bond acceptors (Lipinski definition) is 3. The summed E-state index contributed by atoms with van der Waals surface area (Å²) in [5.74, 6) is 1.48. The lowest BCUT2D eigenvalue weighted by atomic mass is 10.1. The average molecular weight is 451 g/mol. The molecule has 1 saturated heterocycles. The van der Waals surface area contributed by atoms with E-state index < -0.39 is 0 Å². The maximum atomic E-state index is 5.99. The van der Waals surface area contributed by atoms with Gasteiger partial charge >= 0.3 is 0 Å². The van der Waals surface area contributed by atoms with Gasteiger partial charge in [0.2, 0.25) is 0 Å². The van der Waals surface area contributed by atoms with E-state index in [2.05, 4.69) is 64.4 Å². The summed E-state index contributed by atoms with van der Waals surface area (Å²) in [6, 6.07) is 10.4. The highest BCUT2D eigenvalue weighted by molar-refractivity contribution is 14.0. The molecular formula is C19H26IN5. The van der Waals surface area contributed by atoms with Crippen LogP contribution in [-0.2, 0) is 6.54 Å². The summed E-state index contributed by atoms with van der Waals surface area (Å²) in [5, 5.41) is 3.15. The van der Waals surface area contributed by atoms with Gasteiger partial charge in [0, 0.05) is 25.0 Å². The van der Waals surface area contributed by atoms with Crippen LogP contribution in [-0.4, -0.2) is 24.0 Å². The highest BCUT2D eigenvalue weighted by atomic mass is 127. The third-order valence-electron chi connectivity index (χ3n) is 4.17. The van der Waals surface area contributed by atoms with E-state index in [4.69, 9.17) is 5.73 Å². The number of aliphatic imine (C=N–C) groups is 1. The molecule has 1 aliphatic heterocycles. The van der Waals surface area contributed by atoms with Crippen LogP contribution >= 0.6 is 24.0 Å². The summed E-state index contributed by atoms with van der Waals surface area (Å²) in [7, 11) is 0. The molecule has 25 heavy (non-hydrogen) atoms. The first-order valence-corrected chi connectivity index (χ1v) is 8.45. The minimum Gasteiger partial charge on any atom is -0.370 e. The first-order chi connectivity index (χ1) is 11.6. The van der Waals surface area contributed by atoms with E-state index in [1.807, 2.05) is 6.20 Å². The van der Waals surface area contributed by atoms with E-state index in [0.29, 0.717) is 12.5 Å². The predicted octanol–water partition coefficient (Wildman–Crippen LogP) is 3.84. The SMILES string of the molecule is Cc1cc(C)cc(NC(N)=NCc2ccc(N3CCCC3)nc2)c1.I. The summed E-state index contributed by atoms with van der Waals surface area (Å²) >= 11 is 0. The van der Waals surface area contributed by atoms with Crippen LogP contribution in [0.15, 0.2) is 41.5 Å². The molecule has 1 aromatic carbocycles. The molecule has 1 aromatic heterocycles. The Bertz CT molecular complexity index is 701. The summed E-state index contributed by atoms with van der Waals surface area (Å²) < 4.78 is 0. The number of aromatic nitrogens is 1. The fraction of sp³-hybridized carbons (Fsp3) is 0.368. The zero-order chi connectivity index (χ0) is 16.9. The zero-order valence-corrected chi connectivity index (χ0v) is 17.2. The average Bonchev–Trinajstić information content (AvgIpc) is 3.07. The van der Waals surface area contributed by atoms with Crippen molar-refractivity contribution in [2.75, 3.05) is 23.3 Å². The topological polar surface area (TPSA) is 66.5 Å². The molecule has 6 heteroatoms. The molecule has 1 aliphatic rings. The number of nitrogens with two attached hydrogens (primary N) is 1. The fourth-order valence-corrected chi connectivity index (χ4v) is 3.05. The molecule has 3 N–H and O–H groups in total. The molecule has 2 aromatic rings. The van der Waals surface area contributed by atoms with Crippen LogP contribution in [0.4, 0.5) is 11.5 Å². The van der Waals surface area contributed by atoms with E-state index in [0.717, 1.165) is 30.2 Å². The van der Waals surface area contributed by atoms with Gasteiger partial charge in [-0.2, -0.15) is 0 Å². The molecule has 2 heterocycles. The van der Waals surface area contributed by atoms with Crippen molar-refractivity contribution in [2.45, 2.75) is 33.2 Å². The third-order valence-corrected chi connectivity index (χ3v) is 4.17. The van der Waals surface area contributed by atoms with Crippen molar-refractivity contribution in [1.29, 1.82) is 0 Å². The van der Waals surface area contributed by atoms with Gasteiger partial charge in [0.1, 0.15) is 5.82 Å². The lowest BCUT2D eigenvalue weighted by molar-refractivity contribution is 0.929. The number of anilines is 2. The normalized spacial score (nSPS) is 14.3. The van der Waals surface area contributed by atoms with Crippen LogP contribution in [0.3, 0.4) is 0 Å². The van der Waals surface area contributed by atoms with Crippen molar-refractivity contribution in [1.82, 2.24) is 4.98 Å². The molecular weight excluding hydrogens is 425 g/mol. The number of nitrogens with one attached hydrogen (secondary N) is 1. The van der Waals surface area contributed by atoms with E-state index in [9.17, 15) is 0 Å². The van der Waals surface area contributed by atoms with E-state index in [-0.39, 0.29) is 24.0 Å². The minimum absolute atomic E-state index is 0. The molecule has 3 rings (SSSR count). The number of guanidine groups is 1. The Morgan fingerprint density at radius 3 is 2.44 bits per heavy atom. The predicted molar refractivity (Wildman–Crippen MR) is 116 cm³/mol. The van der Waals surface area contributed by atoms with Gasteiger partial charge in [-0.15, -0.1) is 24.0 Å². The van der Waals surface area contributed by atoms with Crippen LogP contribution in [0.1, 0.15) is 29.5 Å². The number of pyridine rings is 1. The van der Waals surface area contributed by atoms with Crippen molar-refractivity contribution in [3.63, 3.8) is 0 Å².